The van der Waals surface area contributed by atoms with Crippen LogP contribution in [0.2, 0.25) is 0 Å². The summed E-state index contributed by atoms with van der Waals surface area (Å²) in [6.07, 6.45) is 0. The van der Waals surface area contributed by atoms with Crippen LogP contribution in [0.4, 0.5) is 0 Å². The fourth-order valence-electron chi connectivity index (χ4n) is 1.03. The van der Waals surface area contributed by atoms with Gasteiger partial charge in [0.2, 0.25) is 0 Å². The Kier molecular flexibility index (Phi) is 5.94. The van der Waals surface area contributed by atoms with Gasteiger partial charge < -0.3 is 14.9 Å². The number of rotatable bonds is 6. The lowest BCUT2D eigenvalue weighted by atomic mass is 10.4. The molecule has 0 aliphatic carbocycles. The molecule has 0 aromatic carbocycles. The Bertz CT molecular complexity index is 343. The molecule has 1 rings (SSSR count). The van der Waals surface area contributed by atoms with Crippen molar-refractivity contribution in [2.45, 2.75) is 18.7 Å². The van der Waals surface area contributed by atoms with Gasteiger partial charge in [0.05, 0.1) is 12.4 Å². The minimum Gasteiger partial charge on any atom is -0.465 e. The van der Waals surface area contributed by atoms with Crippen molar-refractivity contribution in [3.8, 4) is 0 Å². The smallest absolute Gasteiger partial charge is 0.323 e. The summed E-state index contributed by atoms with van der Waals surface area (Å²) in [5, 5.41) is 0. The highest BCUT2D eigenvalue weighted by molar-refractivity contribution is 9.10. The number of thioether (sulfide) groups is 1. The van der Waals surface area contributed by atoms with Gasteiger partial charge in [0.25, 0.3) is 0 Å². The van der Waals surface area contributed by atoms with Crippen molar-refractivity contribution in [3.05, 3.63) is 22.6 Å². The molecule has 4 nitrogen and oxygen atoms in total. The van der Waals surface area contributed by atoms with Crippen LogP contribution in [0.15, 0.2) is 21.2 Å². The van der Waals surface area contributed by atoms with E-state index in [-0.39, 0.29) is 5.97 Å². The van der Waals surface area contributed by atoms with Crippen molar-refractivity contribution in [2.24, 2.45) is 5.73 Å². The summed E-state index contributed by atoms with van der Waals surface area (Å²) in [7, 11) is 0. The van der Waals surface area contributed by atoms with Gasteiger partial charge in [-0.2, -0.15) is 11.8 Å². The second kappa shape index (κ2) is 6.98. The van der Waals surface area contributed by atoms with E-state index in [2.05, 4.69) is 15.9 Å². The van der Waals surface area contributed by atoms with E-state index in [9.17, 15) is 4.79 Å². The van der Waals surface area contributed by atoms with Gasteiger partial charge in [-0.25, -0.2) is 0 Å². The molecule has 0 spiro atoms. The third-order valence-corrected chi connectivity index (χ3v) is 3.27. The third-order valence-electron chi connectivity index (χ3n) is 1.76. The third kappa shape index (κ3) is 4.59. The summed E-state index contributed by atoms with van der Waals surface area (Å²) in [5.74, 6) is 1.72. The zero-order chi connectivity index (χ0) is 12.0. The first kappa shape index (κ1) is 13.6. The normalized spacial score (nSPS) is 12.4. The first-order chi connectivity index (χ1) is 7.63. The fraction of sp³-hybridized carbons (Fsp3) is 0.500. The SMILES string of the molecule is CCOC(=O)C(N)CSCc1ccc(Br)o1. The Balaban J connectivity index is 2.22. The lowest BCUT2D eigenvalue weighted by Crippen LogP contribution is -2.34. The largest absolute Gasteiger partial charge is 0.465 e. The van der Waals surface area contributed by atoms with Gasteiger partial charge in [-0.1, -0.05) is 0 Å². The molecule has 1 aromatic rings. The maximum absolute atomic E-state index is 11.2. The summed E-state index contributed by atoms with van der Waals surface area (Å²) in [4.78, 5) is 11.2. The van der Waals surface area contributed by atoms with Crippen molar-refractivity contribution >= 4 is 33.7 Å². The van der Waals surface area contributed by atoms with E-state index in [1.54, 1.807) is 18.7 Å². The molecular weight excluding hydrogens is 294 g/mol. The molecule has 16 heavy (non-hydrogen) atoms. The van der Waals surface area contributed by atoms with Crippen LogP contribution in [0, 0.1) is 0 Å². The second-order valence-electron chi connectivity index (χ2n) is 3.08. The number of carbonyl (C=O) groups excluding carboxylic acids is 1. The second-order valence-corrected chi connectivity index (χ2v) is 4.89. The van der Waals surface area contributed by atoms with Crippen LogP contribution < -0.4 is 5.73 Å². The van der Waals surface area contributed by atoms with Gasteiger partial charge in [0.1, 0.15) is 11.8 Å². The molecule has 6 heteroatoms. The van der Waals surface area contributed by atoms with E-state index < -0.39 is 6.04 Å². The number of esters is 1. The first-order valence-corrected chi connectivity index (χ1v) is 6.82. The number of nitrogens with two attached hydrogens (primary N) is 1. The number of ether oxygens (including phenoxy) is 1. The number of halogens is 1. The van der Waals surface area contributed by atoms with E-state index in [1.807, 2.05) is 12.1 Å². The van der Waals surface area contributed by atoms with E-state index in [4.69, 9.17) is 14.9 Å². The van der Waals surface area contributed by atoms with Gasteiger partial charge in [0, 0.05) is 5.75 Å². The quantitative estimate of drug-likeness (QED) is 0.816. The lowest BCUT2D eigenvalue weighted by molar-refractivity contribution is -0.144. The van der Waals surface area contributed by atoms with E-state index in [0.717, 1.165) is 5.76 Å². The van der Waals surface area contributed by atoms with Crippen LogP contribution in [-0.2, 0) is 15.3 Å². The number of carbonyl (C=O) groups is 1. The Hall–Kier alpha value is -0.460. The molecule has 0 aliphatic heterocycles. The predicted octanol–water partition coefficient (Wildman–Crippen LogP) is 2.17. The molecule has 0 amide bonds. The van der Waals surface area contributed by atoms with Gasteiger partial charge in [-0.05, 0) is 35.0 Å². The monoisotopic (exact) mass is 307 g/mol. The summed E-state index contributed by atoms with van der Waals surface area (Å²) in [6, 6.07) is 3.15. The van der Waals surface area contributed by atoms with Gasteiger partial charge in [-0.15, -0.1) is 0 Å². The topological polar surface area (TPSA) is 65.5 Å². The van der Waals surface area contributed by atoms with Gasteiger partial charge in [0.15, 0.2) is 4.67 Å². The predicted molar refractivity (Wildman–Crippen MR) is 67.2 cm³/mol. The molecule has 1 atom stereocenters. The highest BCUT2D eigenvalue weighted by Crippen LogP contribution is 2.19. The van der Waals surface area contributed by atoms with Crippen molar-refractivity contribution < 1.29 is 13.9 Å². The Labute approximate surface area is 107 Å². The molecule has 0 saturated heterocycles. The van der Waals surface area contributed by atoms with Crippen molar-refractivity contribution in [1.82, 2.24) is 0 Å². The molecule has 2 N–H and O–H groups in total. The highest BCUT2D eigenvalue weighted by Gasteiger charge is 2.14. The minimum absolute atomic E-state index is 0.351. The van der Waals surface area contributed by atoms with E-state index in [0.29, 0.717) is 22.8 Å². The van der Waals surface area contributed by atoms with Crippen molar-refractivity contribution in [1.29, 1.82) is 0 Å². The zero-order valence-corrected chi connectivity index (χ0v) is 11.3. The maximum atomic E-state index is 11.2. The Morgan fingerprint density at radius 2 is 2.44 bits per heavy atom. The molecule has 0 radical (unpaired) electrons. The van der Waals surface area contributed by atoms with Crippen molar-refractivity contribution in [2.75, 3.05) is 12.4 Å². The van der Waals surface area contributed by atoms with Gasteiger partial charge >= 0.3 is 5.97 Å². The molecule has 0 saturated carbocycles. The van der Waals surface area contributed by atoms with Crippen molar-refractivity contribution in [3.63, 3.8) is 0 Å². The lowest BCUT2D eigenvalue weighted by Gasteiger charge is -2.09. The number of furan rings is 1. The number of hydrogen-bond acceptors (Lipinski definition) is 5. The Morgan fingerprint density at radius 1 is 1.69 bits per heavy atom. The molecule has 0 bridgehead atoms. The zero-order valence-electron chi connectivity index (χ0n) is 8.94. The average Bonchev–Trinajstić information content (AvgIpc) is 2.64. The van der Waals surface area contributed by atoms with Crippen LogP contribution in [0.25, 0.3) is 0 Å². The first-order valence-electron chi connectivity index (χ1n) is 4.87. The fourth-order valence-corrected chi connectivity index (χ4v) is 2.24. The standard InChI is InChI=1S/C10H14BrNO3S/c1-2-14-10(13)8(12)6-16-5-7-3-4-9(11)15-7/h3-4,8H,2,5-6,12H2,1H3. The van der Waals surface area contributed by atoms with Crippen LogP contribution in [-0.4, -0.2) is 24.4 Å². The van der Waals surface area contributed by atoms with E-state index in [1.165, 1.54) is 0 Å². The van der Waals surface area contributed by atoms with E-state index >= 15 is 0 Å². The summed E-state index contributed by atoms with van der Waals surface area (Å²) in [5.41, 5.74) is 5.64. The van der Waals surface area contributed by atoms with Crippen LogP contribution in [0.3, 0.4) is 0 Å². The Morgan fingerprint density at radius 3 is 3.00 bits per heavy atom. The molecule has 1 aromatic heterocycles. The summed E-state index contributed by atoms with van der Waals surface area (Å²) >= 11 is 4.76. The minimum atomic E-state index is -0.566. The molecule has 0 fully saturated rings. The van der Waals surface area contributed by atoms with Crippen LogP contribution >= 0.6 is 27.7 Å². The molecule has 1 heterocycles. The summed E-state index contributed by atoms with van der Waals surface area (Å²) < 4.78 is 10.8. The summed E-state index contributed by atoms with van der Waals surface area (Å²) in [6.45, 7) is 2.13. The highest BCUT2D eigenvalue weighted by atomic mass is 79.9. The molecular formula is C10H14BrNO3S. The number of hydrogen-bond donors (Lipinski definition) is 1. The molecule has 0 aliphatic rings. The maximum Gasteiger partial charge on any atom is 0.323 e. The molecule has 90 valence electrons. The molecule has 1 unspecified atom stereocenters. The van der Waals surface area contributed by atoms with Crippen LogP contribution in [0.1, 0.15) is 12.7 Å². The van der Waals surface area contributed by atoms with Gasteiger partial charge in [-0.3, -0.25) is 4.79 Å². The van der Waals surface area contributed by atoms with Crippen LogP contribution in [0.5, 0.6) is 0 Å². The average molecular weight is 308 g/mol.